The van der Waals surface area contributed by atoms with Crippen LogP contribution >= 0.6 is 0 Å². The highest BCUT2D eigenvalue weighted by molar-refractivity contribution is 7.84. The lowest BCUT2D eigenvalue weighted by atomic mass is 10.2. The summed E-state index contributed by atoms with van der Waals surface area (Å²) in [5.41, 5.74) is 0.884. The zero-order chi connectivity index (χ0) is 15.0. The number of hydrogen-bond donors (Lipinski definition) is 3. The van der Waals surface area contributed by atoms with E-state index >= 15 is 0 Å². The van der Waals surface area contributed by atoms with Gasteiger partial charge in [-0.1, -0.05) is 6.92 Å². The Morgan fingerprint density at radius 2 is 2.15 bits per heavy atom. The van der Waals surface area contributed by atoms with Crippen molar-refractivity contribution in [3.8, 4) is 0 Å². The summed E-state index contributed by atoms with van der Waals surface area (Å²) in [5, 5.41) is 13.7. The van der Waals surface area contributed by atoms with Crippen molar-refractivity contribution in [3.05, 3.63) is 24.0 Å². The van der Waals surface area contributed by atoms with Crippen molar-refractivity contribution in [2.75, 3.05) is 23.4 Å². The van der Waals surface area contributed by atoms with Crippen LogP contribution in [0.5, 0.6) is 0 Å². The van der Waals surface area contributed by atoms with Crippen molar-refractivity contribution in [1.29, 1.82) is 0 Å². The number of carbonyl (C=O) groups is 2. The second-order valence-electron chi connectivity index (χ2n) is 3.92. The van der Waals surface area contributed by atoms with Gasteiger partial charge in [0.25, 0.3) is 0 Å². The third-order valence-corrected chi connectivity index (χ3v) is 3.66. The van der Waals surface area contributed by atoms with Gasteiger partial charge in [0.1, 0.15) is 0 Å². The van der Waals surface area contributed by atoms with Gasteiger partial charge in [-0.15, -0.1) is 0 Å². The number of nitrogens with one attached hydrogen (secondary N) is 2. The lowest BCUT2D eigenvalue weighted by Crippen LogP contribution is -2.32. The summed E-state index contributed by atoms with van der Waals surface area (Å²) in [6, 6.07) is 2.70. The molecule has 0 fully saturated rings. The lowest BCUT2D eigenvalue weighted by Gasteiger charge is -2.07. The first kappa shape index (κ1) is 16.1. The molecule has 8 heteroatoms. The average molecular weight is 299 g/mol. The van der Waals surface area contributed by atoms with Crippen molar-refractivity contribution in [2.45, 2.75) is 13.3 Å². The van der Waals surface area contributed by atoms with Crippen molar-refractivity contribution in [2.24, 2.45) is 0 Å². The van der Waals surface area contributed by atoms with Gasteiger partial charge in [0, 0.05) is 28.9 Å². The smallest absolute Gasteiger partial charge is 0.319 e. The minimum Gasteiger partial charge on any atom is -0.481 e. The Balaban J connectivity index is 2.38. The maximum atomic E-state index is 11.5. The molecule has 0 aromatic carbocycles. The third-order valence-electron chi connectivity index (χ3n) is 2.35. The number of amides is 2. The molecule has 0 radical (unpaired) electrons. The van der Waals surface area contributed by atoms with Crippen molar-refractivity contribution in [1.82, 2.24) is 10.3 Å². The van der Waals surface area contributed by atoms with E-state index in [1.54, 1.807) is 6.07 Å². The average Bonchev–Trinajstić information content (AvgIpc) is 2.40. The standard InChI is InChI=1S/C12H17N3O4S/c1-2-20(19)6-5-13-12(18)15-10-4-3-9(14-8-10)7-11(16)17/h3-4,8H,2,5-7H2,1H3,(H,16,17)(H2,13,15,18). The van der Waals surface area contributed by atoms with Crippen LogP contribution in [-0.4, -0.2) is 44.4 Å². The molecule has 110 valence electrons. The molecule has 0 saturated carbocycles. The number of carboxylic acids is 1. The highest BCUT2D eigenvalue weighted by atomic mass is 32.2. The summed E-state index contributed by atoms with van der Waals surface area (Å²) < 4.78 is 11.2. The Morgan fingerprint density at radius 1 is 1.40 bits per heavy atom. The topological polar surface area (TPSA) is 108 Å². The molecular weight excluding hydrogens is 282 g/mol. The Labute approximate surface area is 119 Å². The molecule has 0 saturated heterocycles. The molecule has 3 N–H and O–H groups in total. The van der Waals surface area contributed by atoms with Crippen LogP contribution < -0.4 is 10.6 Å². The fraction of sp³-hybridized carbons (Fsp3) is 0.417. The van der Waals surface area contributed by atoms with Gasteiger partial charge in [-0.05, 0) is 12.1 Å². The highest BCUT2D eigenvalue weighted by Crippen LogP contribution is 2.06. The van der Waals surface area contributed by atoms with Gasteiger partial charge in [-0.3, -0.25) is 14.0 Å². The summed E-state index contributed by atoms with van der Waals surface area (Å²) in [6.07, 6.45) is 1.23. The van der Waals surface area contributed by atoms with Crippen molar-refractivity contribution in [3.63, 3.8) is 0 Å². The van der Waals surface area contributed by atoms with Crippen molar-refractivity contribution >= 4 is 28.5 Å². The normalized spacial score (nSPS) is 11.7. The van der Waals surface area contributed by atoms with Crippen LogP contribution in [-0.2, 0) is 22.0 Å². The van der Waals surface area contributed by atoms with Gasteiger partial charge >= 0.3 is 12.0 Å². The van der Waals surface area contributed by atoms with E-state index in [-0.39, 0.29) is 6.42 Å². The Morgan fingerprint density at radius 3 is 2.70 bits per heavy atom. The van der Waals surface area contributed by atoms with Crippen LogP contribution in [0.25, 0.3) is 0 Å². The maximum absolute atomic E-state index is 11.5. The summed E-state index contributed by atoms with van der Waals surface area (Å²) in [6.45, 7) is 2.15. The molecule has 20 heavy (non-hydrogen) atoms. The molecule has 1 heterocycles. The molecule has 1 aromatic heterocycles. The summed E-state index contributed by atoms with van der Waals surface area (Å²) >= 11 is 0. The highest BCUT2D eigenvalue weighted by Gasteiger charge is 2.05. The molecule has 0 aliphatic rings. The molecule has 1 atom stereocenters. The van der Waals surface area contributed by atoms with E-state index in [1.165, 1.54) is 12.3 Å². The second kappa shape index (κ2) is 8.26. The molecule has 1 aromatic rings. The first-order valence-corrected chi connectivity index (χ1v) is 7.56. The van der Waals surface area contributed by atoms with Crippen LogP contribution in [0.3, 0.4) is 0 Å². The number of pyridine rings is 1. The Kier molecular flexibility index (Phi) is 6.65. The molecule has 1 unspecified atom stereocenters. The quantitative estimate of drug-likeness (QED) is 0.683. The largest absolute Gasteiger partial charge is 0.481 e. The molecule has 7 nitrogen and oxygen atoms in total. The molecule has 0 spiro atoms. The first-order chi connectivity index (χ1) is 9.51. The van der Waals surface area contributed by atoms with Gasteiger partial charge in [0.05, 0.1) is 24.0 Å². The SMILES string of the molecule is CCS(=O)CCNC(=O)Nc1ccc(CC(=O)O)nc1. The fourth-order valence-corrected chi connectivity index (χ4v) is 1.97. The monoisotopic (exact) mass is 299 g/mol. The summed E-state index contributed by atoms with van der Waals surface area (Å²) in [7, 11) is -0.909. The third kappa shape index (κ3) is 6.28. The van der Waals surface area contributed by atoms with Crippen LogP contribution in [0.15, 0.2) is 18.3 Å². The number of hydrogen-bond acceptors (Lipinski definition) is 4. The van der Waals surface area contributed by atoms with Gasteiger partial charge in [-0.25, -0.2) is 4.79 Å². The van der Waals surface area contributed by atoms with Crippen LogP contribution in [0.4, 0.5) is 10.5 Å². The van der Waals surface area contributed by atoms with E-state index in [1.807, 2.05) is 6.92 Å². The van der Waals surface area contributed by atoms with Gasteiger partial charge < -0.3 is 15.7 Å². The Bertz CT molecular complexity index is 490. The summed E-state index contributed by atoms with van der Waals surface area (Å²) in [4.78, 5) is 25.9. The van der Waals surface area contributed by atoms with E-state index in [4.69, 9.17) is 5.11 Å². The van der Waals surface area contributed by atoms with E-state index in [2.05, 4.69) is 15.6 Å². The number of carboxylic acid groups (broad SMARTS) is 1. The number of anilines is 1. The fourth-order valence-electron chi connectivity index (χ4n) is 1.36. The molecule has 2 amide bonds. The maximum Gasteiger partial charge on any atom is 0.319 e. The minimum absolute atomic E-state index is 0.157. The van der Waals surface area contributed by atoms with Crippen LogP contribution in [0, 0.1) is 0 Å². The molecule has 0 aliphatic heterocycles. The minimum atomic E-state index is -0.958. The molecular formula is C12H17N3O4S. The number of urea groups is 1. The van der Waals surface area contributed by atoms with Crippen LogP contribution in [0.2, 0.25) is 0 Å². The first-order valence-electron chi connectivity index (χ1n) is 6.07. The van der Waals surface area contributed by atoms with E-state index in [0.717, 1.165) is 0 Å². The molecule has 0 aliphatic carbocycles. The van der Waals surface area contributed by atoms with Crippen molar-refractivity contribution < 1.29 is 18.9 Å². The van der Waals surface area contributed by atoms with E-state index in [0.29, 0.717) is 29.4 Å². The van der Waals surface area contributed by atoms with Gasteiger partial charge in [-0.2, -0.15) is 0 Å². The van der Waals surface area contributed by atoms with Gasteiger partial charge in [0.15, 0.2) is 0 Å². The predicted octanol–water partition coefficient (Wildman–Crippen LogP) is 0.599. The Hall–Kier alpha value is -1.96. The lowest BCUT2D eigenvalue weighted by molar-refractivity contribution is -0.136. The van der Waals surface area contributed by atoms with Gasteiger partial charge in [0.2, 0.25) is 0 Å². The molecule has 0 bridgehead atoms. The molecule has 1 rings (SSSR count). The number of carbonyl (C=O) groups excluding carboxylic acids is 1. The zero-order valence-corrected chi connectivity index (χ0v) is 11.9. The zero-order valence-electron chi connectivity index (χ0n) is 11.1. The second-order valence-corrected chi connectivity index (χ2v) is 5.79. The predicted molar refractivity (Wildman–Crippen MR) is 76.1 cm³/mol. The number of aliphatic carboxylic acids is 1. The number of rotatable bonds is 7. The number of nitrogens with zero attached hydrogens (tertiary/aromatic N) is 1. The van der Waals surface area contributed by atoms with E-state index in [9.17, 15) is 13.8 Å². The van der Waals surface area contributed by atoms with E-state index < -0.39 is 22.8 Å². The number of aromatic nitrogens is 1. The van der Waals surface area contributed by atoms with Crippen LogP contribution in [0.1, 0.15) is 12.6 Å². The summed E-state index contributed by atoms with van der Waals surface area (Å²) in [5.74, 6) is 0.0257.